The zero-order chi connectivity index (χ0) is 26.0. The Labute approximate surface area is 214 Å². The first-order valence-electron chi connectivity index (χ1n) is 13.0. The number of hydrogen-bond donors (Lipinski definition) is 1. The largest absolute Gasteiger partial charge is 0.377 e. The third kappa shape index (κ3) is 5.43. The predicted octanol–water partition coefficient (Wildman–Crippen LogP) is 1.56. The first-order valence-corrected chi connectivity index (χ1v) is 13.0. The van der Waals surface area contributed by atoms with Crippen molar-refractivity contribution in [2.45, 2.75) is 58.4 Å². The minimum absolute atomic E-state index is 0.0223. The van der Waals surface area contributed by atoms with Crippen molar-refractivity contribution < 1.29 is 23.9 Å². The molecule has 0 aromatic heterocycles. The Morgan fingerprint density at radius 2 is 1.81 bits per heavy atom. The summed E-state index contributed by atoms with van der Waals surface area (Å²) in [6.45, 7) is 13.3. The van der Waals surface area contributed by atoms with Crippen molar-refractivity contribution in [3.05, 3.63) is 29.8 Å². The number of hydrogen-bond acceptors (Lipinski definition) is 7. The third-order valence-corrected chi connectivity index (χ3v) is 7.52. The summed E-state index contributed by atoms with van der Waals surface area (Å²) in [6, 6.07) is 6.10. The number of fused-ring (bicyclic) bond motifs is 1. The molecule has 0 bridgehead atoms. The van der Waals surface area contributed by atoms with E-state index >= 15 is 0 Å². The number of methoxy groups -OCH3 is 1. The highest BCUT2D eigenvalue weighted by molar-refractivity contribution is 5.99. The van der Waals surface area contributed by atoms with E-state index in [0.717, 1.165) is 44.8 Å². The fourth-order valence-corrected chi connectivity index (χ4v) is 5.45. The molecule has 3 heterocycles. The van der Waals surface area contributed by atoms with Gasteiger partial charge in [0.1, 0.15) is 30.9 Å². The SMILES string of the molecule is CCCN1CCN(c2ccc(C(=O)N[C@H](C(=O)N3C[C@H](OC)[C@H]4OCC(=O)[C@H]43)C(C)(C)C)cc2)CC1. The van der Waals surface area contributed by atoms with Crippen LogP contribution in [0.25, 0.3) is 0 Å². The number of Topliss-reactive ketones (excluding diaryl/α,β-unsaturated/α-hetero) is 1. The molecule has 9 heteroatoms. The van der Waals surface area contributed by atoms with Gasteiger partial charge >= 0.3 is 0 Å². The van der Waals surface area contributed by atoms with Gasteiger partial charge in [0.25, 0.3) is 5.91 Å². The van der Waals surface area contributed by atoms with E-state index < -0.39 is 23.6 Å². The predicted molar refractivity (Wildman–Crippen MR) is 137 cm³/mol. The number of likely N-dealkylation sites (tertiary alicyclic amines) is 1. The number of ether oxygens (including phenoxy) is 2. The van der Waals surface area contributed by atoms with Gasteiger partial charge in [0.15, 0.2) is 5.78 Å². The van der Waals surface area contributed by atoms with Gasteiger partial charge in [-0.05, 0) is 42.6 Å². The van der Waals surface area contributed by atoms with Gasteiger partial charge in [0, 0.05) is 44.5 Å². The topological polar surface area (TPSA) is 91.4 Å². The molecule has 9 nitrogen and oxygen atoms in total. The first-order chi connectivity index (χ1) is 17.1. The van der Waals surface area contributed by atoms with Crippen LogP contribution in [0.3, 0.4) is 0 Å². The molecule has 198 valence electrons. The quantitative estimate of drug-likeness (QED) is 0.608. The third-order valence-electron chi connectivity index (χ3n) is 7.52. The number of benzene rings is 1. The summed E-state index contributed by atoms with van der Waals surface area (Å²) in [5.41, 5.74) is 1.04. The van der Waals surface area contributed by atoms with Gasteiger partial charge in [-0.25, -0.2) is 0 Å². The number of anilines is 1. The molecular weight excluding hydrogens is 460 g/mol. The Morgan fingerprint density at radius 3 is 2.39 bits per heavy atom. The number of ketones is 1. The second-order valence-corrected chi connectivity index (χ2v) is 11.1. The minimum atomic E-state index is -0.805. The van der Waals surface area contributed by atoms with Gasteiger partial charge in [-0.1, -0.05) is 27.7 Å². The molecule has 0 aliphatic carbocycles. The highest BCUT2D eigenvalue weighted by Crippen LogP contribution is 2.32. The molecule has 3 saturated heterocycles. The molecule has 0 spiro atoms. The molecular formula is C27H40N4O5. The normalized spacial score (nSPS) is 25.7. The number of nitrogens with zero attached hydrogens (tertiary/aromatic N) is 3. The smallest absolute Gasteiger partial charge is 0.251 e. The molecule has 3 fully saturated rings. The van der Waals surface area contributed by atoms with E-state index in [0.29, 0.717) is 5.56 Å². The van der Waals surface area contributed by atoms with E-state index in [1.54, 1.807) is 7.11 Å². The van der Waals surface area contributed by atoms with Crippen molar-refractivity contribution in [1.29, 1.82) is 0 Å². The summed E-state index contributed by atoms with van der Waals surface area (Å²) < 4.78 is 11.1. The molecule has 1 aromatic carbocycles. The van der Waals surface area contributed by atoms with Crippen LogP contribution in [0, 0.1) is 5.41 Å². The Balaban J connectivity index is 1.44. The average molecular weight is 501 g/mol. The lowest BCUT2D eigenvalue weighted by Gasteiger charge is -2.36. The summed E-state index contributed by atoms with van der Waals surface area (Å²) in [5.74, 6) is -0.723. The van der Waals surface area contributed by atoms with E-state index in [-0.39, 0.29) is 36.9 Å². The lowest BCUT2D eigenvalue weighted by atomic mass is 9.85. The number of piperazine rings is 1. The minimum Gasteiger partial charge on any atom is -0.377 e. The molecule has 36 heavy (non-hydrogen) atoms. The molecule has 0 radical (unpaired) electrons. The molecule has 4 atom stereocenters. The van der Waals surface area contributed by atoms with Crippen molar-refractivity contribution >= 4 is 23.3 Å². The van der Waals surface area contributed by atoms with Crippen LogP contribution >= 0.6 is 0 Å². The monoisotopic (exact) mass is 500 g/mol. The second-order valence-electron chi connectivity index (χ2n) is 11.1. The average Bonchev–Trinajstić information content (AvgIpc) is 3.42. The fraction of sp³-hybridized carbons (Fsp3) is 0.667. The van der Waals surface area contributed by atoms with E-state index in [1.165, 1.54) is 4.90 Å². The van der Waals surface area contributed by atoms with Crippen LogP contribution < -0.4 is 10.2 Å². The summed E-state index contributed by atoms with van der Waals surface area (Å²) in [5, 5.41) is 2.95. The highest BCUT2D eigenvalue weighted by Gasteiger charge is 2.54. The van der Waals surface area contributed by atoms with Gasteiger partial charge in [-0.3, -0.25) is 19.3 Å². The molecule has 3 aliphatic rings. The van der Waals surface area contributed by atoms with Crippen LogP contribution in [0.4, 0.5) is 5.69 Å². The van der Waals surface area contributed by atoms with Gasteiger partial charge in [0.2, 0.25) is 5.91 Å². The maximum absolute atomic E-state index is 13.7. The van der Waals surface area contributed by atoms with Crippen LogP contribution in [0.1, 0.15) is 44.5 Å². The van der Waals surface area contributed by atoms with Crippen LogP contribution in [0.5, 0.6) is 0 Å². The van der Waals surface area contributed by atoms with Gasteiger partial charge < -0.3 is 24.6 Å². The number of carbonyl (C=O) groups is 3. The van der Waals surface area contributed by atoms with Crippen LogP contribution in [-0.2, 0) is 19.1 Å². The maximum atomic E-state index is 13.7. The Kier molecular flexibility index (Phi) is 8.02. The Hall–Kier alpha value is -2.49. The fourth-order valence-electron chi connectivity index (χ4n) is 5.45. The van der Waals surface area contributed by atoms with Gasteiger partial charge in [-0.2, -0.15) is 0 Å². The number of amides is 2. The van der Waals surface area contributed by atoms with Crippen molar-refractivity contribution in [3.8, 4) is 0 Å². The number of nitrogens with one attached hydrogen (secondary N) is 1. The van der Waals surface area contributed by atoms with Gasteiger partial charge in [0.05, 0.1) is 6.54 Å². The van der Waals surface area contributed by atoms with Crippen molar-refractivity contribution in [2.75, 3.05) is 57.9 Å². The van der Waals surface area contributed by atoms with E-state index in [9.17, 15) is 14.4 Å². The maximum Gasteiger partial charge on any atom is 0.251 e. The van der Waals surface area contributed by atoms with Crippen molar-refractivity contribution in [3.63, 3.8) is 0 Å². The molecule has 2 amide bonds. The van der Waals surface area contributed by atoms with Crippen LogP contribution in [-0.4, -0.2) is 105 Å². The summed E-state index contributed by atoms with van der Waals surface area (Å²) in [4.78, 5) is 45.7. The van der Waals surface area contributed by atoms with E-state index in [2.05, 4.69) is 22.0 Å². The highest BCUT2D eigenvalue weighted by atomic mass is 16.5. The Morgan fingerprint density at radius 1 is 1.14 bits per heavy atom. The lowest BCUT2D eigenvalue weighted by Crippen LogP contribution is -2.57. The van der Waals surface area contributed by atoms with E-state index in [1.807, 2.05) is 45.0 Å². The Bertz CT molecular complexity index is 952. The van der Waals surface area contributed by atoms with Crippen LogP contribution in [0.2, 0.25) is 0 Å². The molecule has 1 aromatic rings. The molecule has 3 aliphatic heterocycles. The van der Waals surface area contributed by atoms with Crippen molar-refractivity contribution in [2.24, 2.45) is 5.41 Å². The zero-order valence-corrected chi connectivity index (χ0v) is 22.2. The first kappa shape index (κ1) is 26.6. The van der Waals surface area contributed by atoms with E-state index in [4.69, 9.17) is 9.47 Å². The summed E-state index contributed by atoms with van der Waals surface area (Å²) >= 11 is 0. The summed E-state index contributed by atoms with van der Waals surface area (Å²) in [6.07, 6.45) is 0.343. The second kappa shape index (κ2) is 10.9. The lowest BCUT2D eigenvalue weighted by molar-refractivity contribution is -0.140. The molecule has 0 unspecified atom stereocenters. The molecule has 0 saturated carbocycles. The molecule has 4 rings (SSSR count). The van der Waals surface area contributed by atoms with Crippen LogP contribution in [0.15, 0.2) is 24.3 Å². The molecule has 1 N–H and O–H groups in total. The standard InChI is InChI=1S/C27H40N4O5/c1-6-11-29-12-14-30(15-13-29)19-9-7-18(8-10-19)25(33)28-24(27(2,3)4)26(34)31-16-21(35-5)23-22(31)20(32)17-36-23/h7-10,21-24H,6,11-17H2,1-5H3,(H,28,33)/t21-,22+,23+,24+/m0/s1. The number of carbonyl (C=O) groups excluding carboxylic acids is 3. The zero-order valence-electron chi connectivity index (χ0n) is 22.2. The number of rotatable bonds is 7. The van der Waals surface area contributed by atoms with Gasteiger partial charge in [-0.15, -0.1) is 0 Å². The summed E-state index contributed by atoms with van der Waals surface area (Å²) in [7, 11) is 1.56. The van der Waals surface area contributed by atoms with Crippen molar-refractivity contribution in [1.82, 2.24) is 15.1 Å².